The van der Waals surface area contributed by atoms with Gasteiger partial charge < -0.3 is 15.2 Å². The molecule has 0 radical (unpaired) electrons. The predicted molar refractivity (Wildman–Crippen MR) is 144 cm³/mol. The molecule has 1 aliphatic carbocycles. The van der Waals surface area contributed by atoms with Crippen LogP contribution in [0, 0.1) is 0 Å². The number of fused-ring (bicyclic) bond motifs is 1. The quantitative estimate of drug-likeness (QED) is 0.334. The van der Waals surface area contributed by atoms with Gasteiger partial charge in [0.1, 0.15) is 0 Å². The van der Waals surface area contributed by atoms with Gasteiger partial charge in [-0.25, -0.2) is 4.79 Å². The van der Waals surface area contributed by atoms with E-state index < -0.39 is 0 Å². The zero-order chi connectivity index (χ0) is 24.3. The van der Waals surface area contributed by atoms with E-state index in [2.05, 4.69) is 98.1 Å². The van der Waals surface area contributed by atoms with Crippen molar-refractivity contribution in [1.29, 1.82) is 0 Å². The van der Waals surface area contributed by atoms with Gasteiger partial charge in [-0.2, -0.15) is 0 Å². The summed E-state index contributed by atoms with van der Waals surface area (Å²) in [6.07, 6.45) is 8.81. The number of aromatic nitrogens is 1. The maximum absolute atomic E-state index is 13.2. The Kier molecular flexibility index (Phi) is 7.16. The van der Waals surface area contributed by atoms with Gasteiger partial charge in [-0.3, -0.25) is 0 Å². The first kappa shape index (κ1) is 24.1. The molecule has 34 heavy (non-hydrogen) atoms. The molecule has 1 heterocycles. The van der Waals surface area contributed by atoms with Gasteiger partial charge in [0.05, 0.1) is 0 Å². The number of para-hydroxylation sites is 2. The lowest BCUT2D eigenvalue weighted by Crippen LogP contribution is -2.41. The molecule has 4 nitrogen and oxygen atoms in total. The normalized spacial score (nSPS) is 15.2. The largest absolute Gasteiger partial charge is 0.343 e. The highest BCUT2D eigenvalue weighted by atomic mass is 16.2. The van der Waals surface area contributed by atoms with E-state index in [4.69, 9.17) is 0 Å². The molecule has 0 bridgehead atoms. The molecule has 4 heteroatoms. The number of nitrogens with zero attached hydrogens (tertiary/aromatic N) is 1. The summed E-state index contributed by atoms with van der Waals surface area (Å²) in [6, 6.07) is 14.8. The number of anilines is 1. The van der Waals surface area contributed by atoms with Crippen molar-refractivity contribution < 1.29 is 4.79 Å². The van der Waals surface area contributed by atoms with Crippen molar-refractivity contribution in [1.82, 2.24) is 9.88 Å². The molecule has 1 aromatic heterocycles. The fourth-order valence-electron chi connectivity index (χ4n) is 5.66. The van der Waals surface area contributed by atoms with Crippen LogP contribution in [-0.2, 0) is 12.0 Å². The predicted octanol–water partition coefficient (Wildman–Crippen LogP) is 7.71. The summed E-state index contributed by atoms with van der Waals surface area (Å²) < 4.78 is 2.28. The number of carbonyl (C=O) groups excluding carboxylic acids is 1. The summed E-state index contributed by atoms with van der Waals surface area (Å²) in [4.78, 5) is 13.2. The average molecular weight is 458 g/mol. The number of benzene rings is 2. The SMILES string of the molecule is C=CCn1cc(C2(CNC(=O)Nc3c(C(C)C)cccc3C(C)C)CCCC2)c2ccccc21. The number of nitrogens with one attached hydrogen (secondary N) is 2. The van der Waals surface area contributed by atoms with Crippen molar-refractivity contribution in [3.05, 3.63) is 78.0 Å². The average Bonchev–Trinajstić information content (AvgIpc) is 3.44. The number of amides is 2. The molecular formula is C30H39N3O. The van der Waals surface area contributed by atoms with Crippen molar-refractivity contribution >= 4 is 22.6 Å². The monoisotopic (exact) mass is 457 g/mol. The van der Waals surface area contributed by atoms with Crippen LogP contribution in [0.1, 0.15) is 81.9 Å². The number of rotatable bonds is 8. The Bertz CT molecular complexity index is 1140. The van der Waals surface area contributed by atoms with Gasteiger partial charge in [0, 0.05) is 41.3 Å². The second-order valence-electron chi connectivity index (χ2n) is 10.4. The number of urea groups is 1. The molecule has 0 unspecified atom stereocenters. The van der Waals surface area contributed by atoms with Crippen molar-refractivity contribution in [3.8, 4) is 0 Å². The Balaban J connectivity index is 1.60. The molecule has 1 aliphatic rings. The minimum Gasteiger partial charge on any atom is -0.343 e. The highest BCUT2D eigenvalue weighted by Crippen LogP contribution is 2.44. The van der Waals surface area contributed by atoms with Crippen LogP contribution in [0.5, 0.6) is 0 Å². The summed E-state index contributed by atoms with van der Waals surface area (Å²) in [5, 5.41) is 7.79. The number of hydrogen-bond acceptors (Lipinski definition) is 1. The van der Waals surface area contributed by atoms with Crippen LogP contribution < -0.4 is 10.6 Å². The lowest BCUT2D eigenvalue weighted by molar-refractivity contribution is 0.248. The van der Waals surface area contributed by atoms with Crippen molar-refractivity contribution in [2.75, 3.05) is 11.9 Å². The molecule has 2 N–H and O–H groups in total. The Morgan fingerprint density at radius 1 is 1.03 bits per heavy atom. The third-order valence-corrected chi connectivity index (χ3v) is 7.45. The Hall–Kier alpha value is -3.01. The van der Waals surface area contributed by atoms with Crippen LogP contribution in [0.2, 0.25) is 0 Å². The van der Waals surface area contributed by atoms with E-state index in [1.54, 1.807) is 0 Å². The summed E-state index contributed by atoms with van der Waals surface area (Å²) >= 11 is 0. The number of hydrogen-bond donors (Lipinski definition) is 2. The van der Waals surface area contributed by atoms with Gasteiger partial charge >= 0.3 is 6.03 Å². The Morgan fingerprint density at radius 3 is 2.29 bits per heavy atom. The van der Waals surface area contributed by atoms with Crippen LogP contribution in [0.15, 0.2) is 61.3 Å². The molecule has 3 aromatic rings. The van der Waals surface area contributed by atoms with E-state index in [0.29, 0.717) is 18.4 Å². The summed E-state index contributed by atoms with van der Waals surface area (Å²) in [7, 11) is 0. The third-order valence-electron chi connectivity index (χ3n) is 7.45. The van der Waals surface area contributed by atoms with E-state index in [1.165, 1.54) is 40.4 Å². The van der Waals surface area contributed by atoms with Gasteiger partial charge in [0.2, 0.25) is 0 Å². The standard InChI is InChI=1S/C30H39N3O/c1-6-18-33-19-26(25-12-7-8-15-27(25)33)30(16-9-10-17-30)20-31-29(34)32-28-23(21(2)3)13-11-14-24(28)22(4)5/h6-8,11-15,19,21-22H,1,9-10,16-18,20H2,2-5H3,(H2,31,32,34). The van der Waals surface area contributed by atoms with Gasteiger partial charge in [-0.15, -0.1) is 6.58 Å². The Morgan fingerprint density at radius 2 is 1.68 bits per heavy atom. The molecule has 0 spiro atoms. The maximum atomic E-state index is 13.2. The topological polar surface area (TPSA) is 46.1 Å². The number of allylic oxidation sites excluding steroid dienone is 1. The van der Waals surface area contributed by atoms with Gasteiger partial charge in [-0.05, 0) is 47.4 Å². The van der Waals surface area contributed by atoms with Gasteiger partial charge in [0.15, 0.2) is 0 Å². The summed E-state index contributed by atoms with van der Waals surface area (Å²) in [5.74, 6) is 0.678. The van der Waals surface area contributed by atoms with Crippen LogP contribution in [0.4, 0.5) is 10.5 Å². The molecule has 0 saturated heterocycles. The zero-order valence-corrected chi connectivity index (χ0v) is 21.2. The highest BCUT2D eigenvalue weighted by molar-refractivity contribution is 5.92. The molecule has 1 fully saturated rings. The maximum Gasteiger partial charge on any atom is 0.319 e. The van der Waals surface area contributed by atoms with Crippen LogP contribution in [-0.4, -0.2) is 17.1 Å². The van der Waals surface area contributed by atoms with Gasteiger partial charge in [-0.1, -0.05) is 83.0 Å². The molecular weight excluding hydrogens is 418 g/mol. The minimum absolute atomic E-state index is 0.0399. The first-order valence-corrected chi connectivity index (χ1v) is 12.7. The molecule has 0 atom stereocenters. The molecule has 4 rings (SSSR count). The molecule has 1 saturated carbocycles. The molecule has 0 aliphatic heterocycles. The smallest absolute Gasteiger partial charge is 0.319 e. The van der Waals surface area contributed by atoms with Crippen molar-refractivity contribution in [3.63, 3.8) is 0 Å². The van der Waals surface area contributed by atoms with Crippen LogP contribution >= 0.6 is 0 Å². The van der Waals surface area contributed by atoms with E-state index in [9.17, 15) is 4.79 Å². The fraction of sp³-hybridized carbons (Fsp3) is 0.433. The second-order valence-corrected chi connectivity index (χ2v) is 10.4. The second kappa shape index (κ2) is 10.1. The van der Waals surface area contributed by atoms with E-state index in [-0.39, 0.29) is 11.4 Å². The summed E-state index contributed by atoms with van der Waals surface area (Å²) in [5.41, 5.74) is 5.89. The van der Waals surface area contributed by atoms with E-state index in [0.717, 1.165) is 25.1 Å². The Labute approximate surface area is 204 Å². The zero-order valence-electron chi connectivity index (χ0n) is 21.2. The highest BCUT2D eigenvalue weighted by Gasteiger charge is 2.38. The van der Waals surface area contributed by atoms with Gasteiger partial charge in [0.25, 0.3) is 0 Å². The van der Waals surface area contributed by atoms with Crippen molar-refractivity contribution in [2.45, 2.75) is 77.2 Å². The molecule has 2 amide bonds. The molecule has 180 valence electrons. The number of carbonyl (C=O) groups is 1. The van der Waals surface area contributed by atoms with E-state index >= 15 is 0 Å². The lowest BCUT2D eigenvalue weighted by Gasteiger charge is -2.30. The molecule has 2 aromatic carbocycles. The first-order valence-electron chi connectivity index (χ1n) is 12.7. The lowest BCUT2D eigenvalue weighted by atomic mass is 9.78. The van der Waals surface area contributed by atoms with Crippen LogP contribution in [0.25, 0.3) is 10.9 Å². The summed E-state index contributed by atoms with van der Waals surface area (Å²) in [6.45, 7) is 14.1. The third kappa shape index (κ3) is 4.64. The van der Waals surface area contributed by atoms with Crippen LogP contribution in [0.3, 0.4) is 0 Å². The fourth-order valence-corrected chi connectivity index (χ4v) is 5.66. The van der Waals surface area contributed by atoms with Crippen molar-refractivity contribution in [2.24, 2.45) is 0 Å². The minimum atomic E-state index is -0.115. The van der Waals surface area contributed by atoms with E-state index in [1.807, 2.05) is 6.08 Å². The first-order chi connectivity index (χ1) is 16.4.